The molecular weight excluding hydrogens is 676 g/mol. The number of nitrogens with zero attached hydrogens (tertiary/aromatic N) is 9. The molecule has 53 heavy (non-hydrogen) atoms. The lowest BCUT2D eigenvalue weighted by Gasteiger charge is -2.24. The first-order valence-corrected chi connectivity index (χ1v) is 17.7. The second kappa shape index (κ2) is 13.8. The number of nitrogens with two attached hydrogens (primary N) is 1. The van der Waals surface area contributed by atoms with Crippen LogP contribution in [0.2, 0.25) is 0 Å². The maximum atomic E-state index is 14.0. The lowest BCUT2D eigenvalue weighted by molar-refractivity contribution is 0.0994. The minimum Gasteiger partial charge on any atom is -0.489 e. The molecule has 0 aliphatic carbocycles. The predicted octanol–water partition coefficient (Wildman–Crippen LogP) is 3.99. The Bertz CT molecular complexity index is 2410. The van der Waals surface area contributed by atoms with Crippen molar-refractivity contribution in [3.63, 3.8) is 0 Å². The van der Waals surface area contributed by atoms with Gasteiger partial charge in [-0.1, -0.05) is 0 Å². The smallest absolute Gasteiger partial charge is 0.276 e. The second-order valence-corrected chi connectivity index (χ2v) is 13.7. The minimum absolute atomic E-state index is 0.00499. The van der Waals surface area contributed by atoms with Crippen molar-refractivity contribution < 1.29 is 19.1 Å². The molecular formula is C37H44N12O4. The number of rotatable bonds is 12. The molecule has 276 valence electrons. The van der Waals surface area contributed by atoms with E-state index in [0.717, 1.165) is 39.1 Å². The van der Waals surface area contributed by atoms with Crippen molar-refractivity contribution in [2.45, 2.75) is 60.2 Å². The number of likely N-dealkylation sites (N-methyl/N-ethyl adjacent to an activating group) is 1. The highest BCUT2D eigenvalue weighted by Gasteiger charge is 2.28. The fraction of sp³-hybridized carbons (Fsp3) is 0.378. The monoisotopic (exact) mass is 720 g/mol. The molecule has 4 N–H and O–H groups in total. The molecule has 2 aromatic carbocycles. The van der Waals surface area contributed by atoms with Gasteiger partial charge >= 0.3 is 0 Å². The summed E-state index contributed by atoms with van der Waals surface area (Å²) in [5, 5.41) is 15.3. The fourth-order valence-corrected chi connectivity index (χ4v) is 7.01. The quantitative estimate of drug-likeness (QED) is 0.168. The van der Waals surface area contributed by atoms with E-state index in [2.05, 4.69) is 25.6 Å². The van der Waals surface area contributed by atoms with Gasteiger partial charge in [0.05, 0.1) is 40.5 Å². The van der Waals surface area contributed by atoms with Gasteiger partial charge in [-0.3, -0.25) is 34.4 Å². The number of amides is 3. The number of carbonyl (C=O) groups excluding carboxylic acids is 3. The lowest BCUT2D eigenvalue weighted by atomic mass is 10.1. The van der Waals surface area contributed by atoms with Crippen LogP contribution in [0.5, 0.6) is 5.75 Å². The molecule has 1 aliphatic rings. The van der Waals surface area contributed by atoms with Crippen molar-refractivity contribution in [2.24, 2.45) is 12.8 Å². The molecule has 0 unspecified atom stereocenters. The molecule has 1 atom stereocenters. The molecule has 0 spiro atoms. The van der Waals surface area contributed by atoms with Crippen molar-refractivity contribution in [3.05, 3.63) is 75.9 Å². The van der Waals surface area contributed by atoms with E-state index >= 15 is 0 Å². The van der Waals surface area contributed by atoms with E-state index in [1.54, 1.807) is 45.2 Å². The van der Waals surface area contributed by atoms with Gasteiger partial charge in [0.25, 0.3) is 11.8 Å². The maximum Gasteiger partial charge on any atom is 0.276 e. The Labute approximate surface area is 305 Å². The van der Waals surface area contributed by atoms with Crippen LogP contribution in [0.15, 0.2) is 36.4 Å². The fourth-order valence-electron chi connectivity index (χ4n) is 7.01. The molecule has 3 amide bonds. The summed E-state index contributed by atoms with van der Waals surface area (Å²) in [6, 6.07) is 10.7. The van der Waals surface area contributed by atoms with Gasteiger partial charge in [-0.05, 0) is 90.0 Å². The summed E-state index contributed by atoms with van der Waals surface area (Å²) in [6.45, 7) is 12.5. The maximum absolute atomic E-state index is 14.0. The van der Waals surface area contributed by atoms with E-state index in [1.807, 2.05) is 58.4 Å². The zero-order chi connectivity index (χ0) is 37.7. The number of hydrogen-bond donors (Lipinski definition) is 3. The molecule has 0 saturated heterocycles. The summed E-state index contributed by atoms with van der Waals surface area (Å²) in [5.41, 5.74) is 13.1. The van der Waals surface area contributed by atoms with E-state index < -0.39 is 5.91 Å². The lowest BCUT2D eigenvalue weighted by Crippen LogP contribution is -2.29. The van der Waals surface area contributed by atoms with Crippen LogP contribution in [0.3, 0.4) is 0 Å². The molecule has 6 aromatic rings. The standard InChI is InChI=1S/C37H44N12O4/c1-8-47-31(35(52)42-37-40-27-15-20(2)16-30-32(27)49(37)22(4)19-53-30)25(23(5)44-47)11-12-45(6)13-14-48-29(17-21(3)43-48)34(51)41-36-39-26-18-24(33(38)50)9-10-28(26)46(36)7/h9-10,15-18,22H,8,11-14,19H2,1-7H3,(H2,38,50)(H,39,41,51)(H,40,42,52)/t22-/m0/s1. The van der Waals surface area contributed by atoms with Gasteiger partial charge in [0.15, 0.2) is 0 Å². The van der Waals surface area contributed by atoms with Gasteiger partial charge in [0, 0.05) is 37.8 Å². The second-order valence-electron chi connectivity index (χ2n) is 13.7. The first-order valence-electron chi connectivity index (χ1n) is 17.7. The van der Waals surface area contributed by atoms with Gasteiger partial charge in [-0.2, -0.15) is 10.2 Å². The highest BCUT2D eigenvalue weighted by Crippen LogP contribution is 2.37. The summed E-state index contributed by atoms with van der Waals surface area (Å²) < 4.78 is 13.2. The molecule has 0 saturated carbocycles. The number of hydrogen-bond acceptors (Lipinski definition) is 9. The molecule has 0 bridgehead atoms. The number of aromatic nitrogens is 8. The molecule has 4 aromatic heterocycles. The molecule has 16 nitrogen and oxygen atoms in total. The number of carbonyl (C=O) groups is 3. The summed E-state index contributed by atoms with van der Waals surface area (Å²) in [4.78, 5) is 50.6. The van der Waals surface area contributed by atoms with Gasteiger partial charge in [0.1, 0.15) is 29.3 Å². The van der Waals surface area contributed by atoms with Gasteiger partial charge in [-0.25, -0.2) is 9.97 Å². The highest BCUT2D eigenvalue weighted by atomic mass is 16.5. The first kappa shape index (κ1) is 35.4. The Morgan fingerprint density at radius 1 is 0.962 bits per heavy atom. The van der Waals surface area contributed by atoms with Crippen molar-refractivity contribution >= 4 is 51.7 Å². The minimum atomic E-state index is -0.549. The predicted molar refractivity (Wildman–Crippen MR) is 201 cm³/mol. The van der Waals surface area contributed by atoms with Crippen LogP contribution in [0.25, 0.3) is 22.1 Å². The summed E-state index contributed by atoms with van der Waals surface area (Å²) in [7, 11) is 3.79. The van der Waals surface area contributed by atoms with Crippen LogP contribution in [0.1, 0.15) is 73.7 Å². The number of nitrogens with one attached hydrogen (secondary N) is 2. The summed E-state index contributed by atoms with van der Waals surface area (Å²) in [6.07, 6.45) is 0.588. The van der Waals surface area contributed by atoms with Crippen molar-refractivity contribution in [1.82, 2.24) is 43.6 Å². The van der Waals surface area contributed by atoms with Gasteiger partial charge in [-0.15, -0.1) is 0 Å². The average molecular weight is 721 g/mol. The Hall–Kier alpha value is -6.03. The molecule has 7 rings (SSSR count). The Morgan fingerprint density at radius 3 is 2.47 bits per heavy atom. The van der Waals surface area contributed by atoms with E-state index in [1.165, 1.54) is 0 Å². The van der Waals surface area contributed by atoms with E-state index in [-0.39, 0.29) is 17.9 Å². The van der Waals surface area contributed by atoms with Crippen LogP contribution in [-0.4, -0.2) is 88.0 Å². The van der Waals surface area contributed by atoms with Crippen molar-refractivity contribution in [2.75, 3.05) is 37.4 Å². The third-order valence-corrected chi connectivity index (χ3v) is 9.77. The SMILES string of the molecule is CCn1nc(C)c(CCN(C)CCn2nc(C)cc2C(=O)Nc2nc3cc(C(N)=O)ccc3n2C)c1C(=O)Nc1nc2cc(C)cc3c2n1[C@@H](C)CO3. The zero-order valence-corrected chi connectivity index (χ0v) is 31.0. The summed E-state index contributed by atoms with van der Waals surface area (Å²) >= 11 is 0. The van der Waals surface area contributed by atoms with Crippen LogP contribution >= 0.6 is 0 Å². The Morgan fingerprint density at radius 2 is 1.72 bits per heavy atom. The number of benzene rings is 2. The number of fused-ring (bicyclic) bond motifs is 1. The number of aryl methyl sites for hydroxylation is 5. The zero-order valence-electron chi connectivity index (χ0n) is 31.0. The molecule has 0 fully saturated rings. The number of imidazole rings is 2. The topological polar surface area (TPSA) is 185 Å². The van der Waals surface area contributed by atoms with Gasteiger partial charge in [0.2, 0.25) is 17.8 Å². The molecule has 1 aliphatic heterocycles. The number of primary amides is 1. The summed E-state index contributed by atoms with van der Waals surface area (Å²) in [5.74, 6) is 0.428. The van der Waals surface area contributed by atoms with Gasteiger partial charge < -0.3 is 24.5 Å². The third-order valence-electron chi connectivity index (χ3n) is 9.77. The van der Waals surface area contributed by atoms with Crippen LogP contribution in [0.4, 0.5) is 11.9 Å². The molecule has 0 radical (unpaired) electrons. The largest absolute Gasteiger partial charge is 0.489 e. The van der Waals surface area contributed by atoms with Crippen molar-refractivity contribution in [1.29, 1.82) is 0 Å². The molecule has 5 heterocycles. The first-order chi connectivity index (χ1) is 25.3. The normalized spacial score (nSPS) is 13.9. The third kappa shape index (κ3) is 6.61. The Balaban J connectivity index is 1.03. The van der Waals surface area contributed by atoms with Crippen LogP contribution in [-0.2, 0) is 26.6 Å². The van der Waals surface area contributed by atoms with Crippen LogP contribution in [0, 0.1) is 20.8 Å². The number of ether oxygens (including phenoxy) is 1. The van der Waals surface area contributed by atoms with Crippen molar-refractivity contribution in [3.8, 4) is 5.75 Å². The van der Waals surface area contributed by atoms with E-state index in [4.69, 9.17) is 20.6 Å². The van der Waals surface area contributed by atoms with E-state index in [9.17, 15) is 14.4 Å². The number of anilines is 2. The van der Waals surface area contributed by atoms with Crippen LogP contribution < -0.4 is 21.1 Å². The Kier molecular flexibility index (Phi) is 9.24. The average Bonchev–Trinajstić information content (AvgIpc) is 3.86. The van der Waals surface area contributed by atoms with E-state index in [0.29, 0.717) is 79.3 Å². The molecule has 16 heteroatoms. The highest BCUT2D eigenvalue weighted by molar-refractivity contribution is 6.05.